The minimum Gasteiger partial charge on any atom is -0.440 e. The number of oxazole rings is 1. The van der Waals surface area contributed by atoms with Gasteiger partial charge in [-0.1, -0.05) is 19.3 Å². The van der Waals surface area contributed by atoms with Gasteiger partial charge in [0.25, 0.3) is 0 Å². The van der Waals surface area contributed by atoms with Crippen LogP contribution >= 0.6 is 0 Å². The van der Waals surface area contributed by atoms with Crippen molar-refractivity contribution >= 4 is 22.8 Å². The molecule has 116 valence electrons. The number of hydrogen-bond acceptors (Lipinski definition) is 3. The molecule has 0 atom stereocenters. The van der Waals surface area contributed by atoms with E-state index in [1.54, 1.807) is 0 Å². The molecule has 0 saturated heterocycles. The van der Waals surface area contributed by atoms with E-state index in [9.17, 15) is 4.79 Å². The highest BCUT2D eigenvalue weighted by atomic mass is 16.3. The highest BCUT2D eigenvalue weighted by Crippen LogP contribution is 2.40. The maximum Gasteiger partial charge on any atom is 0.319 e. The van der Waals surface area contributed by atoms with E-state index in [-0.39, 0.29) is 6.03 Å². The lowest BCUT2D eigenvalue weighted by atomic mass is 9.96. The average Bonchev–Trinajstić information content (AvgIpc) is 3.28. The third-order valence-electron chi connectivity index (χ3n) is 4.53. The minimum absolute atomic E-state index is 0.128. The number of hydrogen-bond donors (Lipinski definition) is 2. The molecule has 0 radical (unpaired) electrons. The van der Waals surface area contributed by atoms with E-state index in [4.69, 9.17) is 4.42 Å². The van der Waals surface area contributed by atoms with E-state index < -0.39 is 0 Å². The van der Waals surface area contributed by atoms with Gasteiger partial charge in [-0.3, -0.25) is 0 Å². The molecule has 1 aromatic heterocycles. The number of aromatic nitrogens is 1. The molecule has 0 unspecified atom stereocenters. The van der Waals surface area contributed by atoms with Crippen molar-refractivity contribution in [3.63, 3.8) is 0 Å². The molecule has 2 amide bonds. The van der Waals surface area contributed by atoms with Crippen LogP contribution in [0.15, 0.2) is 22.6 Å². The number of carbonyl (C=O) groups excluding carboxylic acids is 1. The zero-order valence-electron chi connectivity index (χ0n) is 12.6. The summed E-state index contributed by atoms with van der Waals surface area (Å²) in [7, 11) is 0. The van der Waals surface area contributed by atoms with E-state index in [1.807, 2.05) is 18.2 Å². The molecular formula is C17H21N3O2. The lowest BCUT2D eigenvalue weighted by Crippen LogP contribution is -2.38. The molecule has 2 saturated carbocycles. The van der Waals surface area contributed by atoms with Gasteiger partial charge in [0.2, 0.25) is 0 Å². The number of benzene rings is 1. The summed E-state index contributed by atoms with van der Waals surface area (Å²) in [6.45, 7) is 0. The van der Waals surface area contributed by atoms with Crippen LogP contribution in [0, 0.1) is 0 Å². The van der Waals surface area contributed by atoms with Crippen LogP contribution in [-0.2, 0) is 0 Å². The van der Waals surface area contributed by atoms with Crippen LogP contribution in [0.5, 0.6) is 0 Å². The number of fused-ring (bicyclic) bond motifs is 1. The molecule has 0 aliphatic heterocycles. The van der Waals surface area contributed by atoms with Gasteiger partial charge in [-0.15, -0.1) is 0 Å². The van der Waals surface area contributed by atoms with Crippen molar-refractivity contribution < 1.29 is 9.21 Å². The summed E-state index contributed by atoms with van der Waals surface area (Å²) in [6, 6.07) is 5.81. The Bertz CT molecular complexity index is 684. The Hall–Kier alpha value is -2.04. The van der Waals surface area contributed by atoms with Gasteiger partial charge in [-0.05, 0) is 43.9 Å². The van der Waals surface area contributed by atoms with Gasteiger partial charge in [-0.25, -0.2) is 9.78 Å². The van der Waals surface area contributed by atoms with Crippen LogP contribution in [0.2, 0.25) is 0 Å². The minimum atomic E-state index is -0.128. The molecule has 2 aliphatic carbocycles. The van der Waals surface area contributed by atoms with Gasteiger partial charge < -0.3 is 15.1 Å². The van der Waals surface area contributed by atoms with E-state index >= 15 is 0 Å². The van der Waals surface area contributed by atoms with Crippen LogP contribution in [0.25, 0.3) is 11.1 Å². The number of anilines is 1. The largest absolute Gasteiger partial charge is 0.440 e. The summed E-state index contributed by atoms with van der Waals surface area (Å²) >= 11 is 0. The molecule has 5 nitrogen and oxygen atoms in total. The van der Waals surface area contributed by atoms with Crippen LogP contribution in [0.4, 0.5) is 10.5 Å². The Labute approximate surface area is 129 Å². The summed E-state index contributed by atoms with van der Waals surface area (Å²) in [4.78, 5) is 16.6. The molecule has 0 bridgehead atoms. The molecule has 0 spiro atoms. The first-order valence-electron chi connectivity index (χ1n) is 8.26. The molecule has 2 aliphatic rings. The number of carbonyl (C=O) groups is 1. The maximum atomic E-state index is 12.1. The van der Waals surface area contributed by atoms with Crippen molar-refractivity contribution in [3.05, 3.63) is 24.1 Å². The lowest BCUT2D eigenvalue weighted by molar-refractivity contribution is 0.244. The monoisotopic (exact) mass is 299 g/mol. The predicted molar refractivity (Wildman–Crippen MR) is 85.0 cm³/mol. The number of nitrogens with one attached hydrogen (secondary N) is 2. The van der Waals surface area contributed by atoms with E-state index in [2.05, 4.69) is 15.6 Å². The molecule has 2 fully saturated rings. The maximum absolute atomic E-state index is 12.1. The fraction of sp³-hybridized carbons (Fsp3) is 0.529. The topological polar surface area (TPSA) is 67.2 Å². The summed E-state index contributed by atoms with van der Waals surface area (Å²) in [6.07, 6.45) is 8.20. The van der Waals surface area contributed by atoms with Gasteiger partial charge in [0.15, 0.2) is 11.5 Å². The Kier molecular flexibility index (Phi) is 3.48. The Morgan fingerprint density at radius 3 is 2.73 bits per heavy atom. The van der Waals surface area contributed by atoms with Crippen molar-refractivity contribution in [1.29, 1.82) is 0 Å². The van der Waals surface area contributed by atoms with Crippen LogP contribution in [0.1, 0.15) is 56.8 Å². The zero-order chi connectivity index (χ0) is 14.9. The van der Waals surface area contributed by atoms with Crippen molar-refractivity contribution in [1.82, 2.24) is 10.3 Å². The van der Waals surface area contributed by atoms with E-state index in [0.29, 0.717) is 12.0 Å². The SMILES string of the molecule is O=C(Nc1ccc2oc(C3CC3)nc2c1)NC1CCCCC1. The molecule has 5 heteroatoms. The fourth-order valence-electron chi connectivity index (χ4n) is 3.13. The zero-order valence-corrected chi connectivity index (χ0v) is 12.6. The van der Waals surface area contributed by atoms with E-state index in [1.165, 1.54) is 32.1 Å². The summed E-state index contributed by atoms with van der Waals surface area (Å²) in [5, 5.41) is 5.96. The van der Waals surface area contributed by atoms with Crippen LogP contribution in [0.3, 0.4) is 0 Å². The van der Waals surface area contributed by atoms with E-state index in [0.717, 1.165) is 35.5 Å². The van der Waals surface area contributed by atoms with Gasteiger partial charge in [0, 0.05) is 17.6 Å². The van der Waals surface area contributed by atoms with Gasteiger partial charge in [0.1, 0.15) is 5.52 Å². The second kappa shape index (κ2) is 5.63. The number of nitrogens with zero attached hydrogens (tertiary/aromatic N) is 1. The smallest absolute Gasteiger partial charge is 0.319 e. The van der Waals surface area contributed by atoms with Crippen molar-refractivity contribution in [2.75, 3.05) is 5.32 Å². The Balaban J connectivity index is 1.42. The average molecular weight is 299 g/mol. The molecule has 4 rings (SSSR count). The molecule has 2 aromatic rings. The fourth-order valence-corrected chi connectivity index (χ4v) is 3.13. The van der Waals surface area contributed by atoms with Gasteiger partial charge >= 0.3 is 6.03 Å². The quantitative estimate of drug-likeness (QED) is 0.894. The Morgan fingerprint density at radius 2 is 1.95 bits per heavy atom. The van der Waals surface area contributed by atoms with Gasteiger partial charge in [0.05, 0.1) is 0 Å². The first-order chi connectivity index (χ1) is 10.8. The Morgan fingerprint density at radius 1 is 1.14 bits per heavy atom. The van der Waals surface area contributed by atoms with Crippen LogP contribution in [-0.4, -0.2) is 17.1 Å². The summed E-state index contributed by atoms with van der Waals surface area (Å²) in [5.41, 5.74) is 2.37. The van der Waals surface area contributed by atoms with Gasteiger partial charge in [-0.2, -0.15) is 0 Å². The molecular weight excluding hydrogens is 278 g/mol. The third kappa shape index (κ3) is 2.93. The number of urea groups is 1. The molecule has 1 aromatic carbocycles. The van der Waals surface area contributed by atoms with Crippen molar-refractivity contribution in [2.24, 2.45) is 0 Å². The number of rotatable bonds is 3. The highest BCUT2D eigenvalue weighted by molar-refractivity contribution is 5.91. The summed E-state index contributed by atoms with van der Waals surface area (Å²) in [5.74, 6) is 1.33. The normalized spacial score (nSPS) is 19.3. The third-order valence-corrected chi connectivity index (χ3v) is 4.53. The first kappa shape index (κ1) is 13.6. The molecule has 22 heavy (non-hydrogen) atoms. The predicted octanol–water partition coefficient (Wildman–Crippen LogP) is 4.16. The number of amides is 2. The lowest BCUT2D eigenvalue weighted by Gasteiger charge is -2.22. The second-order valence-corrected chi connectivity index (χ2v) is 6.44. The second-order valence-electron chi connectivity index (χ2n) is 6.44. The highest BCUT2D eigenvalue weighted by Gasteiger charge is 2.28. The first-order valence-corrected chi connectivity index (χ1v) is 8.26. The van der Waals surface area contributed by atoms with Crippen molar-refractivity contribution in [3.8, 4) is 0 Å². The standard InChI is InChI=1S/C17H21N3O2/c21-17(18-12-4-2-1-3-5-12)19-13-8-9-15-14(10-13)20-16(22-15)11-6-7-11/h8-12H,1-7H2,(H2,18,19,21). The van der Waals surface area contributed by atoms with Crippen molar-refractivity contribution in [2.45, 2.75) is 56.9 Å². The van der Waals surface area contributed by atoms with Crippen LogP contribution < -0.4 is 10.6 Å². The summed E-state index contributed by atoms with van der Waals surface area (Å²) < 4.78 is 5.73. The molecule has 2 N–H and O–H groups in total. The molecule has 1 heterocycles.